The van der Waals surface area contributed by atoms with E-state index in [1.165, 1.54) is 11.3 Å². The molecule has 1 amide bonds. The van der Waals surface area contributed by atoms with Crippen molar-refractivity contribution in [3.63, 3.8) is 0 Å². The summed E-state index contributed by atoms with van der Waals surface area (Å²) in [5, 5.41) is 5.16. The Kier molecular flexibility index (Phi) is 4.95. The highest BCUT2D eigenvalue weighted by Gasteiger charge is 2.14. The number of methoxy groups -OCH3 is 2. The molecule has 2 heterocycles. The largest absolute Gasteiger partial charge is 0.497 e. The Hall–Kier alpha value is -2.93. The summed E-state index contributed by atoms with van der Waals surface area (Å²) < 4.78 is 10.6. The molecule has 0 spiro atoms. The number of pyridine rings is 1. The fourth-order valence-corrected chi connectivity index (χ4v) is 2.95. The number of hydrogen-bond acceptors (Lipinski definition) is 6. The zero-order valence-electron chi connectivity index (χ0n) is 14.1. The monoisotopic (exact) mass is 355 g/mol. The SMILES string of the molecule is COc1ccc(OC)c(-c2csc(NC(=O)c3ccc(C)nc3)n2)c1. The van der Waals surface area contributed by atoms with E-state index in [9.17, 15) is 4.79 Å². The van der Waals surface area contributed by atoms with Gasteiger partial charge in [-0.25, -0.2) is 4.98 Å². The number of ether oxygens (including phenoxy) is 2. The second kappa shape index (κ2) is 7.31. The standard InChI is InChI=1S/C18H17N3O3S/c1-11-4-5-12(9-19-11)17(22)21-18-20-15(10-25-18)14-8-13(23-2)6-7-16(14)24-3/h4-10H,1-3H3,(H,20,21,22). The summed E-state index contributed by atoms with van der Waals surface area (Å²) in [5.41, 5.74) is 2.85. The average Bonchev–Trinajstić information content (AvgIpc) is 3.10. The third kappa shape index (κ3) is 3.77. The molecule has 1 N–H and O–H groups in total. The van der Waals surface area contributed by atoms with Gasteiger partial charge < -0.3 is 9.47 Å². The first kappa shape index (κ1) is 16.9. The number of carbonyl (C=O) groups is 1. The van der Waals surface area contributed by atoms with E-state index in [0.717, 1.165) is 11.3 Å². The lowest BCUT2D eigenvalue weighted by molar-refractivity contribution is 0.102. The van der Waals surface area contributed by atoms with E-state index in [0.29, 0.717) is 27.9 Å². The molecule has 1 aromatic carbocycles. The second-order valence-corrected chi connectivity index (χ2v) is 6.10. The molecule has 0 atom stereocenters. The molecule has 0 aliphatic rings. The highest BCUT2D eigenvalue weighted by Crippen LogP contribution is 2.35. The topological polar surface area (TPSA) is 73.3 Å². The van der Waals surface area contributed by atoms with E-state index in [1.807, 2.05) is 30.5 Å². The number of amides is 1. The molecule has 0 saturated carbocycles. The first-order valence-electron chi connectivity index (χ1n) is 7.52. The summed E-state index contributed by atoms with van der Waals surface area (Å²) >= 11 is 1.34. The molecule has 3 rings (SSSR count). The molecule has 3 aromatic rings. The van der Waals surface area contributed by atoms with Crippen LogP contribution in [0.15, 0.2) is 41.9 Å². The van der Waals surface area contributed by atoms with Gasteiger partial charge in [-0.2, -0.15) is 0 Å². The van der Waals surface area contributed by atoms with Crippen LogP contribution in [0.3, 0.4) is 0 Å². The van der Waals surface area contributed by atoms with Crippen molar-refractivity contribution in [2.24, 2.45) is 0 Å². The van der Waals surface area contributed by atoms with Gasteiger partial charge in [-0.15, -0.1) is 11.3 Å². The average molecular weight is 355 g/mol. The summed E-state index contributed by atoms with van der Waals surface area (Å²) in [6.07, 6.45) is 1.55. The van der Waals surface area contributed by atoms with Crippen LogP contribution in [0.25, 0.3) is 11.3 Å². The molecule has 0 fully saturated rings. The molecule has 6 nitrogen and oxygen atoms in total. The number of aryl methyl sites for hydroxylation is 1. The van der Waals surface area contributed by atoms with Crippen molar-refractivity contribution in [2.75, 3.05) is 19.5 Å². The predicted octanol–water partition coefficient (Wildman–Crippen LogP) is 3.78. The van der Waals surface area contributed by atoms with Crippen LogP contribution in [0.2, 0.25) is 0 Å². The molecule has 0 aliphatic heterocycles. The number of nitrogens with one attached hydrogen (secondary N) is 1. The maximum Gasteiger partial charge on any atom is 0.259 e. The molecule has 0 aliphatic carbocycles. The molecule has 2 aromatic heterocycles. The van der Waals surface area contributed by atoms with E-state index in [2.05, 4.69) is 15.3 Å². The van der Waals surface area contributed by atoms with Crippen molar-refractivity contribution in [2.45, 2.75) is 6.92 Å². The minimum atomic E-state index is -0.244. The number of benzene rings is 1. The summed E-state index contributed by atoms with van der Waals surface area (Å²) in [7, 11) is 3.21. The Labute approximate surface area is 149 Å². The molecule has 0 radical (unpaired) electrons. The van der Waals surface area contributed by atoms with E-state index in [1.54, 1.807) is 32.5 Å². The minimum absolute atomic E-state index is 0.244. The maximum atomic E-state index is 12.3. The summed E-state index contributed by atoms with van der Waals surface area (Å²) in [4.78, 5) is 20.9. The van der Waals surface area contributed by atoms with Crippen molar-refractivity contribution in [3.8, 4) is 22.8 Å². The van der Waals surface area contributed by atoms with Gasteiger partial charge in [0.15, 0.2) is 5.13 Å². The zero-order valence-corrected chi connectivity index (χ0v) is 14.9. The number of thiazole rings is 1. The van der Waals surface area contributed by atoms with Gasteiger partial charge in [-0.1, -0.05) is 0 Å². The molecule has 128 valence electrons. The molecule has 0 bridgehead atoms. The number of carbonyl (C=O) groups excluding carboxylic acids is 1. The lowest BCUT2D eigenvalue weighted by Gasteiger charge is -2.08. The van der Waals surface area contributed by atoms with E-state index >= 15 is 0 Å². The third-order valence-electron chi connectivity index (χ3n) is 3.58. The molecule has 25 heavy (non-hydrogen) atoms. The van der Waals surface area contributed by atoms with Crippen molar-refractivity contribution in [3.05, 3.63) is 53.2 Å². The van der Waals surface area contributed by atoms with Gasteiger partial charge in [-0.3, -0.25) is 15.1 Å². The van der Waals surface area contributed by atoms with Crippen molar-refractivity contribution < 1.29 is 14.3 Å². The van der Waals surface area contributed by atoms with Crippen LogP contribution in [0.4, 0.5) is 5.13 Å². The lowest BCUT2D eigenvalue weighted by Crippen LogP contribution is -2.12. The lowest BCUT2D eigenvalue weighted by atomic mass is 10.1. The maximum absolute atomic E-state index is 12.3. The number of hydrogen-bond donors (Lipinski definition) is 1. The fraction of sp³-hybridized carbons (Fsp3) is 0.167. The summed E-state index contributed by atoms with van der Waals surface area (Å²) in [6, 6.07) is 9.02. The third-order valence-corrected chi connectivity index (χ3v) is 4.34. The Morgan fingerprint density at radius 3 is 2.68 bits per heavy atom. The molecular weight excluding hydrogens is 338 g/mol. The number of anilines is 1. The van der Waals surface area contributed by atoms with Crippen molar-refractivity contribution in [1.29, 1.82) is 0 Å². The molecule has 0 saturated heterocycles. The van der Waals surface area contributed by atoms with Crippen LogP contribution in [-0.4, -0.2) is 30.1 Å². The molecule has 0 unspecified atom stereocenters. The quantitative estimate of drug-likeness (QED) is 0.754. The van der Waals surface area contributed by atoms with Crippen molar-refractivity contribution in [1.82, 2.24) is 9.97 Å². The first-order chi connectivity index (χ1) is 12.1. The molecular formula is C18H17N3O3S. The van der Waals surface area contributed by atoms with Crippen LogP contribution in [0.1, 0.15) is 16.1 Å². The smallest absolute Gasteiger partial charge is 0.259 e. The Morgan fingerprint density at radius 2 is 2.00 bits per heavy atom. The predicted molar refractivity (Wildman–Crippen MR) is 97.6 cm³/mol. The Balaban J connectivity index is 1.83. The van der Waals surface area contributed by atoms with Gasteiger partial charge in [0.2, 0.25) is 0 Å². The highest BCUT2D eigenvalue weighted by atomic mass is 32.1. The van der Waals surface area contributed by atoms with E-state index in [4.69, 9.17) is 9.47 Å². The van der Waals surface area contributed by atoms with Gasteiger partial charge >= 0.3 is 0 Å². The number of rotatable bonds is 5. The summed E-state index contributed by atoms with van der Waals surface area (Å²) in [5.74, 6) is 1.15. The van der Waals surface area contributed by atoms with Gasteiger partial charge in [0.1, 0.15) is 11.5 Å². The second-order valence-electron chi connectivity index (χ2n) is 5.25. The number of aromatic nitrogens is 2. The van der Waals surface area contributed by atoms with Gasteiger partial charge in [-0.05, 0) is 37.3 Å². The molecule has 7 heteroatoms. The van der Waals surface area contributed by atoms with E-state index in [-0.39, 0.29) is 5.91 Å². The van der Waals surface area contributed by atoms with Crippen LogP contribution in [-0.2, 0) is 0 Å². The Bertz CT molecular complexity index is 891. The zero-order chi connectivity index (χ0) is 17.8. The number of nitrogens with zero attached hydrogens (tertiary/aromatic N) is 2. The van der Waals surface area contributed by atoms with Gasteiger partial charge in [0, 0.05) is 22.8 Å². The van der Waals surface area contributed by atoms with Crippen LogP contribution in [0, 0.1) is 6.92 Å². The minimum Gasteiger partial charge on any atom is -0.497 e. The van der Waals surface area contributed by atoms with Gasteiger partial charge in [0.25, 0.3) is 5.91 Å². The van der Waals surface area contributed by atoms with Crippen LogP contribution in [0.5, 0.6) is 11.5 Å². The summed E-state index contributed by atoms with van der Waals surface area (Å²) in [6.45, 7) is 1.87. The van der Waals surface area contributed by atoms with E-state index < -0.39 is 0 Å². The van der Waals surface area contributed by atoms with Gasteiger partial charge in [0.05, 0.1) is 25.5 Å². The van der Waals surface area contributed by atoms with Crippen molar-refractivity contribution >= 4 is 22.4 Å². The fourth-order valence-electron chi connectivity index (χ4n) is 2.24. The Morgan fingerprint density at radius 1 is 1.16 bits per heavy atom. The van der Waals surface area contributed by atoms with Crippen LogP contribution >= 0.6 is 11.3 Å². The van der Waals surface area contributed by atoms with Crippen LogP contribution < -0.4 is 14.8 Å². The first-order valence-corrected chi connectivity index (χ1v) is 8.40. The highest BCUT2D eigenvalue weighted by molar-refractivity contribution is 7.14. The normalized spacial score (nSPS) is 10.4.